The predicted molar refractivity (Wildman–Crippen MR) is 127 cm³/mol. The van der Waals surface area contributed by atoms with Crippen LogP contribution in [-0.4, -0.2) is 25.6 Å². The SMILES string of the molecule is C=CCOc1ccc(C(=O)/C=C/c2cc(OCCCC)c(C)c(OCCCC)c2)cc1. The Morgan fingerprint density at radius 3 is 2.03 bits per heavy atom. The van der Waals surface area contributed by atoms with E-state index in [-0.39, 0.29) is 5.78 Å². The Kier molecular flexibility index (Phi) is 10.4. The quantitative estimate of drug-likeness (QED) is 0.145. The van der Waals surface area contributed by atoms with E-state index in [0.717, 1.165) is 48.3 Å². The van der Waals surface area contributed by atoms with Gasteiger partial charge in [-0.25, -0.2) is 0 Å². The molecule has 0 radical (unpaired) electrons. The molecule has 0 atom stereocenters. The molecule has 4 heteroatoms. The molecule has 0 saturated carbocycles. The van der Waals surface area contributed by atoms with E-state index in [4.69, 9.17) is 14.2 Å². The minimum atomic E-state index is -0.0715. The zero-order chi connectivity index (χ0) is 22.5. The van der Waals surface area contributed by atoms with E-state index in [1.165, 1.54) is 0 Å². The number of allylic oxidation sites excluding steroid dienone is 1. The minimum Gasteiger partial charge on any atom is -0.493 e. The summed E-state index contributed by atoms with van der Waals surface area (Å²) in [6.45, 7) is 11.7. The average Bonchev–Trinajstić information content (AvgIpc) is 2.79. The lowest BCUT2D eigenvalue weighted by atomic mass is 10.1. The average molecular weight is 423 g/mol. The number of hydrogen-bond donors (Lipinski definition) is 0. The molecule has 0 fully saturated rings. The van der Waals surface area contributed by atoms with Crippen molar-refractivity contribution in [2.24, 2.45) is 0 Å². The second-order valence-electron chi connectivity index (χ2n) is 7.37. The van der Waals surface area contributed by atoms with Crippen molar-refractivity contribution in [2.45, 2.75) is 46.5 Å². The van der Waals surface area contributed by atoms with Crippen molar-refractivity contribution in [1.82, 2.24) is 0 Å². The van der Waals surface area contributed by atoms with Gasteiger partial charge in [-0.15, -0.1) is 0 Å². The Labute approximate surface area is 186 Å². The number of ether oxygens (including phenoxy) is 3. The molecule has 0 saturated heterocycles. The Bertz CT molecular complexity index is 834. The third kappa shape index (κ3) is 7.97. The van der Waals surface area contributed by atoms with Crippen molar-refractivity contribution in [3.05, 3.63) is 71.8 Å². The monoisotopic (exact) mass is 422 g/mol. The standard InChI is InChI=1S/C27H34O4/c1-5-8-17-30-26-19-22(20-27(21(26)4)31-18-9-6-2)10-15-25(28)23-11-13-24(14-12-23)29-16-7-3/h7,10-15,19-20H,3,5-6,8-9,16-18H2,1-2,4H3/b15-10+. The summed E-state index contributed by atoms with van der Waals surface area (Å²) >= 11 is 0. The van der Waals surface area contributed by atoms with Gasteiger partial charge in [0.15, 0.2) is 5.78 Å². The molecule has 31 heavy (non-hydrogen) atoms. The first kappa shape index (κ1) is 24.3. The second kappa shape index (κ2) is 13.3. The van der Waals surface area contributed by atoms with Gasteiger partial charge in [-0.3, -0.25) is 4.79 Å². The van der Waals surface area contributed by atoms with Crippen LogP contribution in [0.1, 0.15) is 61.0 Å². The van der Waals surface area contributed by atoms with E-state index in [9.17, 15) is 4.79 Å². The summed E-state index contributed by atoms with van der Waals surface area (Å²) in [6.07, 6.45) is 9.21. The smallest absolute Gasteiger partial charge is 0.185 e. The third-order valence-electron chi connectivity index (χ3n) is 4.78. The van der Waals surface area contributed by atoms with Crippen molar-refractivity contribution in [3.8, 4) is 17.2 Å². The lowest BCUT2D eigenvalue weighted by Gasteiger charge is -2.15. The number of unbranched alkanes of at least 4 members (excludes halogenated alkanes) is 2. The number of hydrogen-bond acceptors (Lipinski definition) is 4. The van der Waals surface area contributed by atoms with Gasteiger partial charge in [0.25, 0.3) is 0 Å². The third-order valence-corrected chi connectivity index (χ3v) is 4.78. The molecule has 2 aromatic carbocycles. The van der Waals surface area contributed by atoms with Crippen molar-refractivity contribution in [1.29, 1.82) is 0 Å². The second-order valence-corrected chi connectivity index (χ2v) is 7.37. The summed E-state index contributed by atoms with van der Waals surface area (Å²) in [5.41, 5.74) is 2.47. The van der Waals surface area contributed by atoms with Crippen LogP contribution in [-0.2, 0) is 0 Å². The molecule has 0 bridgehead atoms. The van der Waals surface area contributed by atoms with Crippen molar-refractivity contribution < 1.29 is 19.0 Å². The topological polar surface area (TPSA) is 44.8 Å². The Balaban J connectivity index is 2.17. The van der Waals surface area contributed by atoms with Gasteiger partial charge in [-0.1, -0.05) is 45.4 Å². The lowest BCUT2D eigenvalue weighted by Crippen LogP contribution is -2.03. The van der Waals surface area contributed by atoms with Gasteiger partial charge in [0, 0.05) is 11.1 Å². The first-order chi connectivity index (χ1) is 15.1. The predicted octanol–water partition coefficient (Wildman–Crippen LogP) is 6.81. The Morgan fingerprint density at radius 1 is 0.935 bits per heavy atom. The van der Waals surface area contributed by atoms with Crippen LogP contribution in [0, 0.1) is 6.92 Å². The summed E-state index contributed by atoms with van der Waals surface area (Å²) in [7, 11) is 0. The highest BCUT2D eigenvalue weighted by atomic mass is 16.5. The summed E-state index contributed by atoms with van der Waals surface area (Å²) in [5.74, 6) is 2.25. The van der Waals surface area contributed by atoms with E-state index < -0.39 is 0 Å². The highest BCUT2D eigenvalue weighted by Gasteiger charge is 2.10. The molecular weight excluding hydrogens is 388 g/mol. The van der Waals surface area contributed by atoms with E-state index >= 15 is 0 Å². The van der Waals surface area contributed by atoms with Gasteiger partial charge >= 0.3 is 0 Å². The van der Waals surface area contributed by atoms with Gasteiger partial charge in [0.05, 0.1) is 13.2 Å². The normalized spacial score (nSPS) is 10.8. The molecule has 2 rings (SSSR count). The molecule has 166 valence electrons. The molecule has 2 aromatic rings. The maximum Gasteiger partial charge on any atom is 0.185 e. The van der Waals surface area contributed by atoms with Crippen LogP contribution in [0.15, 0.2) is 55.1 Å². The van der Waals surface area contributed by atoms with Crippen molar-refractivity contribution in [2.75, 3.05) is 19.8 Å². The largest absolute Gasteiger partial charge is 0.493 e. The molecule has 0 unspecified atom stereocenters. The van der Waals surface area contributed by atoms with E-state index in [2.05, 4.69) is 20.4 Å². The molecular formula is C27H34O4. The molecule has 0 aliphatic carbocycles. The zero-order valence-corrected chi connectivity index (χ0v) is 19.0. The highest BCUT2D eigenvalue weighted by Crippen LogP contribution is 2.31. The van der Waals surface area contributed by atoms with Gasteiger partial charge in [-0.2, -0.15) is 0 Å². The van der Waals surface area contributed by atoms with Crippen LogP contribution in [0.3, 0.4) is 0 Å². The van der Waals surface area contributed by atoms with Crippen LogP contribution >= 0.6 is 0 Å². The molecule has 4 nitrogen and oxygen atoms in total. The summed E-state index contributed by atoms with van der Waals surface area (Å²) < 4.78 is 17.4. The molecule has 0 aromatic heterocycles. The molecule has 0 heterocycles. The van der Waals surface area contributed by atoms with Gasteiger partial charge in [0.1, 0.15) is 23.9 Å². The van der Waals surface area contributed by atoms with E-state index in [0.29, 0.717) is 31.1 Å². The highest BCUT2D eigenvalue weighted by molar-refractivity contribution is 6.06. The van der Waals surface area contributed by atoms with E-state index in [1.54, 1.807) is 36.4 Å². The molecule has 0 aliphatic heterocycles. The van der Waals surface area contributed by atoms with Gasteiger partial charge in [-0.05, 0) is 67.8 Å². The summed E-state index contributed by atoms with van der Waals surface area (Å²) in [6, 6.07) is 11.0. The van der Waals surface area contributed by atoms with Crippen LogP contribution < -0.4 is 14.2 Å². The maximum absolute atomic E-state index is 12.6. The fraction of sp³-hybridized carbons (Fsp3) is 0.370. The fourth-order valence-corrected chi connectivity index (χ4v) is 2.87. The van der Waals surface area contributed by atoms with Crippen LogP contribution in [0.25, 0.3) is 6.08 Å². The summed E-state index contributed by atoms with van der Waals surface area (Å²) in [5, 5.41) is 0. The first-order valence-electron chi connectivity index (χ1n) is 11.0. The number of benzene rings is 2. The number of ketones is 1. The van der Waals surface area contributed by atoms with Crippen LogP contribution in [0.4, 0.5) is 0 Å². The number of carbonyl (C=O) groups is 1. The first-order valence-corrected chi connectivity index (χ1v) is 11.0. The molecule has 0 spiro atoms. The van der Waals surface area contributed by atoms with Crippen molar-refractivity contribution >= 4 is 11.9 Å². The molecule has 0 N–H and O–H groups in total. The Morgan fingerprint density at radius 2 is 1.52 bits per heavy atom. The zero-order valence-electron chi connectivity index (χ0n) is 19.0. The summed E-state index contributed by atoms with van der Waals surface area (Å²) in [4.78, 5) is 12.6. The fourth-order valence-electron chi connectivity index (χ4n) is 2.87. The van der Waals surface area contributed by atoms with Crippen LogP contribution in [0.2, 0.25) is 0 Å². The lowest BCUT2D eigenvalue weighted by molar-refractivity contribution is 0.104. The van der Waals surface area contributed by atoms with Crippen LogP contribution in [0.5, 0.6) is 17.2 Å². The Hall–Kier alpha value is -3.01. The van der Waals surface area contributed by atoms with Crippen molar-refractivity contribution in [3.63, 3.8) is 0 Å². The maximum atomic E-state index is 12.6. The molecule has 0 aliphatic rings. The number of rotatable bonds is 14. The van der Waals surface area contributed by atoms with Gasteiger partial charge < -0.3 is 14.2 Å². The van der Waals surface area contributed by atoms with E-state index in [1.807, 2.05) is 25.1 Å². The number of carbonyl (C=O) groups excluding carboxylic acids is 1. The van der Waals surface area contributed by atoms with Gasteiger partial charge in [0.2, 0.25) is 0 Å². The molecule has 0 amide bonds. The minimum absolute atomic E-state index is 0.0715.